The van der Waals surface area contributed by atoms with Crippen molar-refractivity contribution >= 4 is 11.6 Å². The van der Waals surface area contributed by atoms with E-state index < -0.39 is 0 Å². The molecule has 2 rings (SSSR count). The van der Waals surface area contributed by atoms with Crippen LogP contribution in [-0.4, -0.2) is 31.1 Å². The number of amides is 1. The topological polar surface area (TPSA) is 53.2 Å². The van der Waals surface area contributed by atoms with E-state index in [2.05, 4.69) is 41.9 Å². The first-order valence-corrected chi connectivity index (χ1v) is 7.23. The normalized spacial score (nSPS) is 22.0. The Morgan fingerprint density at radius 3 is 2.50 bits per heavy atom. The number of carbonyl (C=O) groups excluding carboxylic acids is 1. The number of rotatable bonds is 4. The van der Waals surface area contributed by atoms with Gasteiger partial charge in [-0.2, -0.15) is 0 Å². The third-order valence-electron chi connectivity index (χ3n) is 3.99. The molecule has 1 heterocycles. The quantitative estimate of drug-likeness (QED) is 0.786. The van der Waals surface area contributed by atoms with Gasteiger partial charge in [-0.3, -0.25) is 4.79 Å². The van der Waals surface area contributed by atoms with Crippen molar-refractivity contribution in [2.24, 2.45) is 0 Å². The van der Waals surface area contributed by atoms with Crippen LogP contribution in [0.15, 0.2) is 12.1 Å². The van der Waals surface area contributed by atoms with Crippen molar-refractivity contribution in [2.45, 2.75) is 39.7 Å². The van der Waals surface area contributed by atoms with Gasteiger partial charge in [0.15, 0.2) is 0 Å². The summed E-state index contributed by atoms with van der Waals surface area (Å²) in [4.78, 5) is 12.1. The third kappa shape index (κ3) is 3.58. The van der Waals surface area contributed by atoms with Gasteiger partial charge in [-0.1, -0.05) is 17.7 Å². The molecule has 1 fully saturated rings. The number of anilines is 1. The van der Waals surface area contributed by atoms with Gasteiger partial charge in [0.2, 0.25) is 5.91 Å². The van der Waals surface area contributed by atoms with E-state index in [0.717, 1.165) is 36.3 Å². The van der Waals surface area contributed by atoms with Crippen LogP contribution in [-0.2, 0) is 4.79 Å². The number of hydrogen-bond acceptors (Lipinski definition) is 3. The van der Waals surface area contributed by atoms with Crippen molar-refractivity contribution in [3.63, 3.8) is 0 Å². The highest BCUT2D eigenvalue weighted by Gasteiger charge is 2.28. The minimum Gasteiger partial charge on any atom is -0.324 e. The van der Waals surface area contributed by atoms with Crippen molar-refractivity contribution < 1.29 is 4.79 Å². The van der Waals surface area contributed by atoms with Gasteiger partial charge in [0.05, 0.1) is 6.54 Å². The molecule has 1 atom stereocenters. The average Bonchev–Trinajstić information content (AvgIpc) is 2.79. The third-order valence-corrected chi connectivity index (χ3v) is 3.99. The summed E-state index contributed by atoms with van der Waals surface area (Å²) in [5, 5.41) is 9.70. The summed E-state index contributed by atoms with van der Waals surface area (Å²) in [7, 11) is 0. The first-order valence-electron chi connectivity index (χ1n) is 7.23. The Kier molecular flexibility index (Phi) is 4.45. The molecule has 1 aliphatic heterocycles. The second-order valence-electron chi connectivity index (χ2n) is 6.16. The second kappa shape index (κ2) is 5.94. The molecule has 1 saturated heterocycles. The van der Waals surface area contributed by atoms with Gasteiger partial charge in [0.25, 0.3) is 0 Å². The van der Waals surface area contributed by atoms with Crippen LogP contribution in [0.4, 0.5) is 5.69 Å². The Hall–Kier alpha value is -1.39. The lowest BCUT2D eigenvalue weighted by atomic mass is 10.0. The van der Waals surface area contributed by atoms with Gasteiger partial charge in [0.1, 0.15) is 0 Å². The summed E-state index contributed by atoms with van der Waals surface area (Å²) < 4.78 is 0. The zero-order valence-electron chi connectivity index (χ0n) is 12.9. The van der Waals surface area contributed by atoms with E-state index in [4.69, 9.17) is 0 Å². The SMILES string of the molecule is Cc1cc(C)c(NC(=O)CNC2(C)CCNC2)c(C)c1. The van der Waals surface area contributed by atoms with Crippen LogP contribution in [0, 0.1) is 20.8 Å². The summed E-state index contributed by atoms with van der Waals surface area (Å²) in [5.74, 6) is 0.0215. The first kappa shape index (κ1) is 15.0. The molecule has 0 aromatic heterocycles. The fraction of sp³-hybridized carbons (Fsp3) is 0.562. The van der Waals surface area contributed by atoms with Crippen LogP contribution >= 0.6 is 0 Å². The Balaban J connectivity index is 1.95. The lowest BCUT2D eigenvalue weighted by Gasteiger charge is -2.24. The molecule has 110 valence electrons. The van der Waals surface area contributed by atoms with Gasteiger partial charge in [-0.15, -0.1) is 0 Å². The van der Waals surface area contributed by atoms with E-state index in [1.54, 1.807) is 0 Å². The van der Waals surface area contributed by atoms with E-state index in [1.165, 1.54) is 5.56 Å². The Labute approximate surface area is 121 Å². The summed E-state index contributed by atoms with van der Waals surface area (Å²) in [6.45, 7) is 10.6. The van der Waals surface area contributed by atoms with Crippen LogP contribution in [0.5, 0.6) is 0 Å². The summed E-state index contributed by atoms with van der Waals surface area (Å²) in [5.41, 5.74) is 4.43. The van der Waals surface area contributed by atoms with Gasteiger partial charge in [-0.25, -0.2) is 0 Å². The summed E-state index contributed by atoms with van der Waals surface area (Å²) in [6.07, 6.45) is 1.06. The Morgan fingerprint density at radius 1 is 1.30 bits per heavy atom. The van der Waals surface area contributed by atoms with E-state index in [9.17, 15) is 4.79 Å². The van der Waals surface area contributed by atoms with Crippen molar-refractivity contribution in [2.75, 3.05) is 25.0 Å². The molecule has 1 aliphatic rings. The Morgan fingerprint density at radius 2 is 1.95 bits per heavy atom. The summed E-state index contributed by atoms with van der Waals surface area (Å²) in [6, 6.07) is 4.19. The largest absolute Gasteiger partial charge is 0.324 e. The molecule has 0 spiro atoms. The predicted molar refractivity (Wildman–Crippen MR) is 83.2 cm³/mol. The zero-order valence-corrected chi connectivity index (χ0v) is 12.9. The fourth-order valence-electron chi connectivity index (χ4n) is 2.82. The lowest BCUT2D eigenvalue weighted by Crippen LogP contribution is -2.47. The molecule has 0 radical (unpaired) electrons. The molecule has 1 aromatic rings. The number of nitrogens with one attached hydrogen (secondary N) is 3. The second-order valence-corrected chi connectivity index (χ2v) is 6.16. The minimum absolute atomic E-state index is 0.0215. The van der Waals surface area contributed by atoms with Crippen LogP contribution in [0.2, 0.25) is 0 Å². The van der Waals surface area contributed by atoms with Gasteiger partial charge in [0, 0.05) is 17.8 Å². The molecule has 0 saturated carbocycles. The lowest BCUT2D eigenvalue weighted by molar-refractivity contribution is -0.115. The highest BCUT2D eigenvalue weighted by atomic mass is 16.1. The number of benzene rings is 1. The predicted octanol–water partition coefficient (Wildman–Crippen LogP) is 1.89. The van der Waals surface area contributed by atoms with Crippen molar-refractivity contribution in [3.8, 4) is 0 Å². The van der Waals surface area contributed by atoms with E-state index in [-0.39, 0.29) is 11.4 Å². The standard InChI is InChI=1S/C16H25N3O/c1-11-7-12(2)15(13(3)8-11)19-14(20)9-18-16(4)5-6-17-10-16/h7-8,17-18H,5-6,9-10H2,1-4H3,(H,19,20). The van der Waals surface area contributed by atoms with E-state index in [1.807, 2.05) is 13.8 Å². The number of aryl methyl sites for hydroxylation is 3. The maximum absolute atomic E-state index is 12.1. The maximum atomic E-state index is 12.1. The monoisotopic (exact) mass is 275 g/mol. The highest BCUT2D eigenvalue weighted by Crippen LogP contribution is 2.21. The molecule has 4 nitrogen and oxygen atoms in total. The molecule has 20 heavy (non-hydrogen) atoms. The molecule has 1 amide bonds. The number of hydrogen-bond donors (Lipinski definition) is 3. The molecule has 1 unspecified atom stereocenters. The van der Waals surface area contributed by atoms with Gasteiger partial charge >= 0.3 is 0 Å². The molecule has 3 N–H and O–H groups in total. The minimum atomic E-state index is 0.0215. The maximum Gasteiger partial charge on any atom is 0.238 e. The smallest absolute Gasteiger partial charge is 0.238 e. The zero-order chi connectivity index (χ0) is 14.8. The number of carbonyl (C=O) groups is 1. The molecule has 0 aliphatic carbocycles. The highest BCUT2D eigenvalue weighted by molar-refractivity contribution is 5.93. The molecule has 1 aromatic carbocycles. The van der Waals surface area contributed by atoms with Gasteiger partial charge < -0.3 is 16.0 Å². The van der Waals surface area contributed by atoms with Crippen molar-refractivity contribution in [3.05, 3.63) is 28.8 Å². The van der Waals surface area contributed by atoms with Crippen LogP contribution in [0.3, 0.4) is 0 Å². The van der Waals surface area contributed by atoms with Crippen LogP contribution in [0.1, 0.15) is 30.0 Å². The first-order chi connectivity index (χ1) is 9.39. The van der Waals surface area contributed by atoms with Gasteiger partial charge in [-0.05, 0) is 51.8 Å². The molecule has 4 heteroatoms. The van der Waals surface area contributed by atoms with Crippen molar-refractivity contribution in [1.82, 2.24) is 10.6 Å². The van der Waals surface area contributed by atoms with E-state index >= 15 is 0 Å². The summed E-state index contributed by atoms with van der Waals surface area (Å²) >= 11 is 0. The molecular weight excluding hydrogens is 250 g/mol. The molecule has 0 bridgehead atoms. The van der Waals surface area contributed by atoms with Crippen LogP contribution in [0.25, 0.3) is 0 Å². The fourth-order valence-corrected chi connectivity index (χ4v) is 2.82. The Bertz CT molecular complexity index is 481. The average molecular weight is 275 g/mol. The van der Waals surface area contributed by atoms with Crippen molar-refractivity contribution in [1.29, 1.82) is 0 Å². The molecular formula is C16H25N3O. The van der Waals surface area contributed by atoms with E-state index in [0.29, 0.717) is 6.54 Å². The van der Waals surface area contributed by atoms with Crippen LogP contribution < -0.4 is 16.0 Å².